The highest BCUT2D eigenvalue weighted by atomic mass is 16.5. The Labute approximate surface area is 172 Å². The summed E-state index contributed by atoms with van der Waals surface area (Å²) >= 11 is 0. The van der Waals surface area contributed by atoms with Crippen LogP contribution in [-0.2, 0) is 9.59 Å². The third-order valence-corrected chi connectivity index (χ3v) is 5.53. The molecule has 3 rings (SSSR count). The Kier molecular flexibility index (Phi) is 6.57. The van der Waals surface area contributed by atoms with Crippen LogP contribution in [0.2, 0.25) is 0 Å². The number of hydrogen-bond donors (Lipinski definition) is 2. The molecule has 0 aliphatic heterocycles. The topological polar surface area (TPSA) is 67.4 Å². The molecule has 5 heteroatoms. The molecular weight excluding hydrogens is 364 g/mol. The van der Waals surface area contributed by atoms with Crippen molar-refractivity contribution in [2.75, 3.05) is 10.6 Å². The first kappa shape index (κ1) is 20.9. The van der Waals surface area contributed by atoms with Crippen LogP contribution in [-0.4, -0.2) is 17.9 Å². The second-order valence-corrected chi connectivity index (χ2v) is 7.84. The quantitative estimate of drug-likeness (QED) is 0.641. The van der Waals surface area contributed by atoms with Gasteiger partial charge in [-0.3, -0.25) is 9.59 Å². The molecule has 154 valence electrons. The Bertz CT molecular complexity index is 889. The van der Waals surface area contributed by atoms with Crippen molar-refractivity contribution >= 4 is 23.2 Å². The van der Waals surface area contributed by atoms with Crippen LogP contribution in [0.1, 0.15) is 57.1 Å². The van der Waals surface area contributed by atoms with Crippen LogP contribution < -0.4 is 15.4 Å². The Balaban J connectivity index is 1.68. The smallest absolute Gasteiger partial charge is 0.265 e. The number of para-hydroxylation sites is 1. The fraction of sp³-hybridized carbons (Fsp3) is 0.417. The maximum atomic E-state index is 12.7. The molecule has 2 atom stereocenters. The molecule has 29 heavy (non-hydrogen) atoms. The highest BCUT2D eigenvalue weighted by Crippen LogP contribution is 2.32. The van der Waals surface area contributed by atoms with Gasteiger partial charge in [0.1, 0.15) is 5.75 Å². The summed E-state index contributed by atoms with van der Waals surface area (Å²) in [6.45, 7) is 7.92. The summed E-state index contributed by atoms with van der Waals surface area (Å²) in [6, 6.07) is 13.4. The third kappa shape index (κ3) is 5.17. The number of rotatable bonds is 8. The van der Waals surface area contributed by atoms with Crippen LogP contribution >= 0.6 is 0 Å². The Morgan fingerprint density at radius 2 is 1.69 bits per heavy atom. The molecule has 0 aromatic heterocycles. The van der Waals surface area contributed by atoms with Crippen LogP contribution in [0.5, 0.6) is 5.75 Å². The third-order valence-electron chi connectivity index (χ3n) is 5.53. The summed E-state index contributed by atoms with van der Waals surface area (Å²) in [4.78, 5) is 24.8. The van der Waals surface area contributed by atoms with E-state index in [0.29, 0.717) is 11.6 Å². The zero-order valence-corrected chi connectivity index (χ0v) is 17.6. The highest BCUT2D eigenvalue weighted by molar-refractivity contribution is 5.98. The van der Waals surface area contributed by atoms with Crippen molar-refractivity contribution in [2.24, 2.45) is 5.92 Å². The average Bonchev–Trinajstić information content (AvgIpc) is 3.56. The van der Waals surface area contributed by atoms with Crippen molar-refractivity contribution < 1.29 is 14.3 Å². The molecule has 2 unspecified atom stereocenters. The summed E-state index contributed by atoms with van der Waals surface area (Å²) in [5, 5.41) is 5.90. The SMILES string of the molecule is CCC(C)c1ccccc1OC(C)C(=O)Nc1cccc(NC(=O)C2CC2)c1C. The van der Waals surface area contributed by atoms with Gasteiger partial charge < -0.3 is 15.4 Å². The van der Waals surface area contributed by atoms with E-state index in [0.717, 1.165) is 41.8 Å². The minimum absolute atomic E-state index is 0.0509. The summed E-state index contributed by atoms with van der Waals surface area (Å²) < 4.78 is 6.00. The molecule has 1 saturated carbocycles. The van der Waals surface area contributed by atoms with Crippen LogP contribution in [0.3, 0.4) is 0 Å². The number of carbonyl (C=O) groups excluding carboxylic acids is 2. The summed E-state index contributed by atoms with van der Waals surface area (Å²) in [6.07, 6.45) is 2.26. The van der Waals surface area contributed by atoms with Crippen molar-refractivity contribution in [3.8, 4) is 5.75 Å². The highest BCUT2D eigenvalue weighted by Gasteiger charge is 2.30. The molecule has 2 amide bonds. The van der Waals surface area contributed by atoms with Gasteiger partial charge in [0.05, 0.1) is 0 Å². The maximum Gasteiger partial charge on any atom is 0.265 e. The van der Waals surface area contributed by atoms with E-state index >= 15 is 0 Å². The second-order valence-electron chi connectivity index (χ2n) is 7.84. The van der Waals surface area contributed by atoms with E-state index in [1.54, 1.807) is 6.92 Å². The fourth-order valence-electron chi connectivity index (χ4n) is 3.18. The number of hydrogen-bond acceptors (Lipinski definition) is 3. The van der Waals surface area contributed by atoms with Crippen LogP contribution in [0.15, 0.2) is 42.5 Å². The monoisotopic (exact) mass is 394 g/mol. The Hall–Kier alpha value is -2.82. The number of nitrogens with one attached hydrogen (secondary N) is 2. The number of carbonyl (C=O) groups is 2. The van der Waals surface area contributed by atoms with Gasteiger partial charge in [-0.2, -0.15) is 0 Å². The lowest BCUT2D eigenvalue weighted by molar-refractivity contribution is -0.122. The lowest BCUT2D eigenvalue weighted by Crippen LogP contribution is -2.30. The van der Waals surface area contributed by atoms with E-state index in [-0.39, 0.29) is 17.7 Å². The van der Waals surface area contributed by atoms with Crippen LogP contribution in [0, 0.1) is 12.8 Å². The lowest BCUT2D eigenvalue weighted by atomic mass is 9.98. The van der Waals surface area contributed by atoms with Gasteiger partial charge in [-0.05, 0) is 68.4 Å². The molecule has 0 heterocycles. The van der Waals surface area contributed by atoms with Gasteiger partial charge in [0.2, 0.25) is 5.91 Å². The van der Waals surface area contributed by atoms with Crippen LogP contribution in [0.4, 0.5) is 11.4 Å². The standard InChI is InChI=1S/C24H30N2O3/c1-5-15(2)19-9-6-7-12-22(19)29-17(4)23(27)25-20-10-8-11-21(16(20)3)26-24(28)18-13-14-18/h6-12,15,17-18H,5,13-14H2,1-4H3,(H,25,27)(H,26,28). The Morgan fingerprint density at radius 1 is 1.03 bits per heavy atom. The van der Waals surface area contributed by atoms with Crippen molar-refractivity contribution in [1.82, 2.24) is 0 Å². The molecule has 0 bridgehead atoms. The van der Waals surface area contributed by atoms with E-state index in [2.05, 4.69) is 24.5 Å². The molecule has 5 nitrogen and oxygen atoms in total. The number of anilines is 2. The van der Waals surface area contributed by atoms with Gasteiger partial charge in [0.25, 0.3) is 5.91 Å². The molecule has 0 spiro atoms. The normalized spacial score (nSPS) is 15.3. The summed E-state index contributed by atoms with van der Waals surface area (Å²) in [5.41, 5.74) is 3.35. The molecule has 2 N–H and O–H groups in total. The lowest BCUT2D eigenvalue weighted by Gasteiger charge is -2.20. The minimum Gasteiger partial charge on any atom is -0.481 e. The Morgan fingerprint density at radius 3 is 2.34 bits per heavy atom. The minimum atomic E-state index is -0.649. The molecule has 1 aliphatic rings. The summed E-state index contributed by atoms with van der Waals surface area (Å²) in [7, 11) is 0. The van der Waals surface area contributed by atoms with E-state index in [1.807, 2.05) is 49.4 Å². The zero-order valence-electron chi connectivity index (χ0n) is 17.6. The van der Waals surface area contributed by atoms with E-state index in [9.17, 15) is 9.59 Å². The number of amides is 2. The average molecular weight is 395 g/mol. The van der Waals surface area contributed by atoms with Gasteiger partial charge in [-0.15, -0.1) is 0 Å². The first-order valence-electron chi connectivity index (χ1n) is 10.4. The maximum absolute atomic E-state index is 12.7. The van der Waals surface area contributed by atoms with Crippen molar-refractivity contribution in [2.45, 2.75) is 59.0 Å². The summed E-state index contributed by atoms with van der Waals surface area (Å²) in [5.74, 6) is 1.06. The molecule has 0 radical (unpaired) electrons. The second kappa shape index (κ2) is 9.12. The molecule has 0 saturated heterocycles. The van der Waals surface area contributed by atoms with Crippen molar-refractivity contribution in [3.05, 3.63) is 53.6 Å². The fourth-order valence-corrected chi connectivity index (χ4v) is 3.18. The first-order valence-corrected chi connectivity index (χ1v) is 10.4. The largest absolute Gasteiger partial charge is 0.481 e. The molecule has 2 aromatic rings. The molecule has 1 aliphatic carbocycles. The molecule has 2 aromatic carbocycles. The first-order chi connectivity index (χ1) is 13.9. The van der Waals surface area contributed by atoms with Crippen molar-refractivity contribution in [1.29, 1.82) is 0 Å². The van der Waals surface area contributed by atoms with Gasteiger partial charge in [0.15, 0.2) is 6.10 Å². The van der Waals surface area contributed by atoms with Crippen molar-refractivity contribution in [3.63, 3.8) is 0 Å². The van der Waals surface area contributed by atoms with Gasteiger partial charge in [0, 0.05) is 17.3 Å². The van der Waals surface area contributed by atoms with E-state index in [1.165, 1.54) is 0 Å². The van der Waals surface area contributed by atoms with E-state index < -0.39 is 6.10 Å². The predicted molar refractivity (Wildman–Crippen MR) is 116 cm³/mol. The molecular formula is C24H30N2O3. The van der Waals surface area contributed by atoms with E-state index in [4.69, 9.17) is 4.74 Å². The zero-order chi connectivity index (χ0) is 21.0. The van der Waals surface area contributed by atoms with Crippen LogP contribution in [0.25, 0.3) is 0 Å². The number of benzene rings is 2. The van der Waals surface area contributed by atoms with Gasteiger partial charge in [-0.1, -0.05) is 38.1 Å². The predicted octanol–water partition coefficient (Wildman–Crippen LogP) is 5.26. The van der Waals surface area contributed by atoms with Gasteiger partial charge in [-0.25, -0.2) is 0 Å². The molecule has 1 fully saturated rings. The number of ether oxygens (including phenoxy) is 1. The van der Waals surface area contributed by atoms with Gasteiger partial charge >= 0.3 is 0 Å².